The molecule has 6 heteroatoms. The Morgan fingerprint density at radius 2 is 1.74 bits per heavy atom. The van der Waals surface area contributed by atoms with Crippen LogP contribution >= 0.6 is 0 Å². The second kappa shape index (κ2) is 8.38. The number of hydrogen-bond acceptors (Lipinski definition) is 5. The van der Waals surface area contributed by atoms with Crippen LogP contribution in [0.2, 0.25) is 0 Å². The standard InChI is InChI=1S/C25H26N4O2/c1-17-7-9-19(10-8-17)16-29-18(2)15-23(27-29)25-26-24(28-31-25)20-11-13-22(14-12-20)30-21-5-3-4-6-21/h7-15,21H,3-6,16H2,1-2H3. The molecule has 0 aliphatic heterocycles. The van der Waals surface area contributed by atoms with Gasteiger partial charge in [0.2, 0.25) is 5.82 Å². The zero-order valence-electron chi connectivity index (χ0n) is 17.9. The predicted octanol–water partition coefficient (Wildman–Crippen LogP) is 5.59. The zero-order valence-corrected chi connectivity index (χ0v) is 17.9. The number of nitrogens with zero attached hydrogens (tertiary/aromatic N) is 4. The van der Waals surface area contributed by atoms with Crippen molar-refractivity contribution in [3.05, 3.63) is 71.4 Å². The summed E-state index contributed by atoms with van der Waals surface area (Å²) in [6.45, 7) is 4.82. The first-order chi connectivity index (χ1) is 15.1. The van der Waals surface area contributed by atoms with E-state index in [0.29, 0.717) is 30.1 Å². The molecule has 0 saturated heterocycles. The van der Waals surface area contributed by atoms with E-state index in [1.807, 2.05) is 41.9 Å². The molecule has 0 bridgehead atoms. The van der Waals surface area contributed by atoms with E-state index < -0.39 is 0 Å². The van der Waals surface area contributed by atoms with Crippen molar-refractivity contribution in [3.8, 4) is 28.7 Å². The van der Waals surface area contributed by atoms with E-state index in [0.717, 1.165) is 29.8 Å². The molecule has 1 aliphatic carbocycles. The van der Waals surface area contributed by atoms with Gasteiger partial charge >= 0.3 is 0 Å². The minimum atomic E-state index is 0.348. The molecule has 1 saturated carbocycles. The highest BCUT2D eigenvalue weighted by atomic mass is 16.5. The van der Waals surface area contributed by atoms with Crippen molar-refractivity contribution in [2.45, 2.75) is 52.2 Å². The lowest BCUT2D eigenvalue weighted by atomic mass is 10.1. The fourth-order valence-corrected chi connectivity index (χ4v) is 3.97. The summed E-state index contributed by atoms with van der Waals surface area (Å²) in [5.41, 5.74) is 5.07. The zero-order chi connectivity index (χ0) is 21.2. The normalized spacial score (nSPS) is 14.3. The number of benzene rings is 2. The molecule has 0 unspecified atom stereocenters. The Kier molecular flexibility index (Phi) is 5.28. The van der Waals surface area contributed by atoms with E-state index in [-0.39, 0.29) is 0 Å². The number of aryl methyl sites for hydroxylation is 2. The average molecular weight is 415 g/mol. The van der Waals surface area contributed by atoms with Gasteiger partial charge in [-0.25, -0.2) is 0 Å². The molecule has 1 fully saturated rings. The topological polar surface area (TPSA) is 66.0 Å². The molecule has 0 radical (unpaired) electrons. The fourth-order valence-electron chi connectivity index (χ4n) is 3.97. The van der Waals surface area contributed by atoms with Gasteiger partial charge in [-0.1, -0.05) is 35.0 Å². The smallest absolute Gasteiger partial charge is 0.278 e. The van der Waals surface area contributed by atoms with Gasteiger partial charge in [0, 0.05) is 11.3 Å². The number of rotatable bonds is 6. The first-order valence-corrected chi connectivity index (χ1v) is 10.9. The van der Waals surface area contributed by atoms with Crippen molar-refractivity contribution in [2.24, 2.45) is 0 Å². The molecule has 0 atom stereocenters. The molecule has 2 aromatic heterocycles. The Labute approximate surface area is 181 Å². The van der Waals surface area contributed by atoms with Crippen LogP contribution in [0.3, 0.4) is 0 Å². The molecule has 4 aromatic rings. The number of ether oxygens (including phenoxy) is 1. The summed E-state index contributed by atoms with van der Waals surface area (Å²) >= 11 is 0. The third-order valence-electron chi connectivity index (χ3n) is 5.80. The molecule has 0 spiro atoms. The Balaban J connectivity index is 1.30. The van der Waals surface area contributed by atoms with Gasteiger partial charge in [0.1, 0.15) is 5.75 Å². The van der Waals surface area contributed by atoms with E-state index >= 15 is 0 Å². The molecular weight excluding hydrogens is 388 g/mol. The van der Waals surface area contributed by atoms with Crippen molar-refractivity contribution in [1.29, 1.82) is 0 Å². The fraction of sp³-hybridized carbons (Fsp3) is 0.320. The predicted molar refractivity (Wildman–Crippen MR) is 119 cm³/mol. The molecular formula is C25H26N4O2. The van der Waals surface area contributed by atoms with Crippen LogP contribution in [-0.4, -0.2) is 26.0 Å². The molecule has 158 valence electrons. The molecule has 5 rings (SSSR count). The Morgan fingerprint density at radius 3 is 2.48 bits per heavy atom. The van der Waals surface area contributed by atoms with E-state index in [2.05, 4.69) is 46.4 Å². The molecule has 0 amide bonds. The summed E-state index contributed by atoms with van der Waals surface area (Å²) in [6, 6.07) is 18.4. The van der Waals surface area contributed by atoms with Crippen LogP contribution in [0, 0.1) is 13.8 Å². The SMILES string of the molecule is Cc1ccc(Cn2nc(-c3nc(-c4ccc(OC5CCCC5)cc4)no3)cc2C)cc1. The maximum atomic E-state index is 6.03. The third-order valence-corrected chi connectivity index (χ3v) is 5.80. The maximum Gasteiger partial charge on any atom is 0.278 e. The highest BCUT2D eigenvalue weighted by Crippen LogP contribution is 2.27. The van der Waals surface area contributed by atoms with Crippen molar-refractivity contribution < 1.29 is 9.26 Å². The minimum Gasteiger partial charge on any atom is -0.490 e. The van der Waals surface area contributed by atoms with E-state index in [1.54, 1.807) is 0 Å². The largest absolute Gasteiger partial charge is 0.490 e. The molecule has 2 aromatic carbocycles. The van der Waals surface area contributed by atoms with Crippen LogP contribution in [0.5, 0.6) is 5.75 Å². The minimum absolute atomic E-state index is 0.348. The van der Waals surface area contributed by atoms with Crippen LogP contribution in [0.1, 0.15) is 42.5 Å². The van der Waals surface area contributed by atoms with Gasteiger partial charge < -0.3 is 9.26 Å². The summed E-state index contributed by atoms with van der Waals surface area (Å²) in [5.74, 6) is 1.87. The third kappa shape index (κ3) is 4.38. The summed E-state index contributed by atoms with van der Waals surface area (Å²) in [4.78, 5) is 4.56. The number of hydrogen-bond donors (Lipinski definition) is 0. The second-order valence-electron chi connectivity index (χ2n) is 8.29. The quantitative estimate of drug-likeness (QED) is 0.412. The van der Waals surface area contributed by atoms with Gasteiger partial charge in [-0.2, -0.15) is 10.1 Å². The summed E-state index contributed by atoms with van der Waals surface area (Å²) in [7, 11) is 0. The molecule has 6 nitrogen and oxygen atoms in total. The number of aromatic nitrogens is 4. The maximum absolute atomic E-state index is 6.03. The van der Waals surface area contributed by atoms with Gasteiger partial charge in [-0.15, -0.1) is 0 Å². The van der Waals surface area contributed by atoms with Crippen molar-refractivity contribution in [2.75, 3.05) is 0 Å². The highest BCUT2D eigenvalue weighted by molar-refractivity contribution is 5.59. The lowest BCUT2D eigenvalue weighted by molar-refractivity contribution is 0.210. The lowest BCUT2D eigenvalue weighted by Gasteiger charge is -2.12. The van der Waals surface area contributed by atoms with Crippen molar-refractivity contribution >= 4 is 0 Å². The monoisotopic (exact) mass is 414 g/mol. The van der Waals surface area contributed by atoms with Crippen molar-refractivity contribution in [1.82, 2.24) is 19.9 Å². The first kappa shape index (κ1) is 19.5. The van der Waals surface area contributed by atoms with Crippen LogP contribution < -0.4 is 4.74 Å². The summed E-state index contributed by atoms with van der Waals surface area (Å²) in [6.07, 6.45) is 5.15. The summed E-state index contributed by atoms with van der Waals surface area (Å²) in [5, 5.41) is 8.83. The molecule has 31 heavy (non-hydrogen) atoms. The van der Waals surface area contributed by atoms with Crippen LogP contribution in [-0.2, 0) is 6.54 Å². The second-order valence-corrected chi connectivity index (χ2v) is 8.29. The van der Waals surface area contributed by atoms with Gasteiger partial charge in [0.15, 0.2) is 5.69 Å². The summed E-state index contributed by atoms with van der Waals surface area (Å²) < 4.78 is 13.5. The van der Waals surface area contributed by atoms with Crippen LogP contribution in [0.15, 0.2) is 59.1 Å². The highest BCUT2D eigenvalue weighted by Gasteiger charge is 2.18. The van der Waals surface area contributed by atoms with E-state index in [4.69, 9.17) is 9.26 Å². The van der Waals surface area contributed by atoms with E-state index in [1.165, 1.54) is 24.0 Å². The van der Waals surface area contributed by atoms with E-state index in [9.17, 15) is 0 Å². The Morgan fingerprint density at radius 1 is 1.00 bits per heavy atom. The van der Waals surface area contributed by atoms with Crippen LogP contribution in [0.25, 0.3) is 23.0 Å². The van der Waals surface area contributed by atoms with Gasteiger partial charge in [0.05, 0.1) is 12.6 Å². The first-order valence-electron chi connectivity index (χ1n) is 10.9. The van der Waals surface area contributed by atoms with Gasteiger partial charge in [-0.05, 0) is 75.4 Å². The van der Waals surface area contributed by atoms with Crippen LogP contribution in [0.4, 0.5) is 0 Å². The molecule has 2 heterocycles. The van der Waals surface area contributed by atoms with Gasteiger partial charge in [0.25, 0.3) is 5.89 Å². The lowest BCUT2D eigenvalue weighted by Crippen LogP contribution is -2.10. The molecule has 1 aliphatic rings. The van der Waals surface area contributed by atoms with Gasteiger partial charge in [-0.3, -0.25) is 4.68 Å². The average Bonchev–Trinajstić information content (AvgIpc) is 3.53. The molecule has 0 N–H and O–H groups in total. The van der Waals surface area contributed by atoms with Crippen molar-refractivity contribution in [3.63, 3.8) is 0 Å². The Bertz CT molecular complexity index is 1150. The Hall–Kier alpha value is -3.41.